The van der Waals surface area contributed by atoms with Crippen molar-refractivity contribution >= 4 is 11.8 Å². The fourth-order valence-corrected chi connectivity index (χ4v) is 3.46. The average Bonchev–Trinajstić information content (AvgIpc) is 3.43. The number of piperazine rings is 1. The molecule has 2 aromatic heterocycles. The lowest BCUT2D eigenvalue weighted by atomic mass is 10.1. The van der Waals surface area contributed by atoms with E-state index < -0.39 is 0 Å². The number of benzene rings is 1. The molecule has 0 bridgehead atoms. The van der Waals surface area contributed by atoms with Crippen molar-refractivity contribution in [2.75, 3.05) is 33.3 Å². The molecule has 3 aromatic rings. The Labute approximate surface area is 168 Å². The standard InChI is InChI=1S/C21H22N4O4/c1-23-18(15-5-3-6-16(13-15)28-2)14-17(22-23)20(26)24-8-10-25(11-9-24)21(27)19-7-4-12-29-19/h3-7,12-14H,8-11H2,1-2H3. The van der Waals surface area contributed by atoms with Gasteiger partial charge in [0.15, 0.2) is 11.5 Å². The first-order chi connectivity index (χ1) is 14.1. The number of nitrogens with zero attached hydrogens (tertiary/aromatic N) is 4. The number of amides is 2. The van der Waals surface area contributed by atoms with Crippen LogP contribution >= 0.6 is 0 Å². The van der Waals surface area contributed by atoms with Crippen LogP contribution in [0.1, 0.15) is 21.0 Å². The minimum absolute atomic E-state index is 0.139. The zero-order valence-electron chi connectivity index (χ0n) is 16.4. The van der Waals surface area contributed by atoms with Gasteiger partial charge in [-0.2, -0.15) is 5.10 Å². The van der Waals surface area contributed by atoms with Crippen LogP contribution in [0.15, 0.2) is 53.1 Å². The number of carbonyl (C=O) groups excluding carboxylic acids is 2. The molecule has 0 atom stereocenters. The van der Waals surface area contributed by atoms with E-state index in [-0.39, 0.29) is 11.8 Å². The Bertz CT molecular complexity index is 1020. The smallest absolute Gasteiger partial charge is 0.289 e. The highest BCUT2D eigenvalue weighted by Gasteiger charge is 2.28. The third kappa shape index (κ3) is 3.73. The molecule has 1 aliphatic rings. The van der Waals surface area contributed by atoms with Gasteiger partial charge in [0.05, 0.1) is 19.1 Å². The third-order valence-corrected chi connectivity index (χ3v) is 5.05. The van der Waals surface area contributed by atoms with Crippen LogP contribution in [-0.4, -0.2) is 64.7 Å². The molecular weight excluding hydrogens is 372 g/mol. The molecule has 0 unspecified atom stereocenters. The zero-order valence-corrected chi connectivity index (χ0v) is 16.4. The second-order valence-electron chi connectivity index (χ2n) is 6.83. The van der Waals surface area contributed by atoms with E-state index in [1.165, 1.54) is 6.26 Å². The molecule has 0 radical (unpaired) electrons. The van der Waals surface area contributed by atoms with Gasteiger partial charge in [-0.1, -0.05) is 12.1 Å². The molecule has 29 heavy (non-hydrogen) atoms. The van der Waals surface area contributed by atoms with Crippen LogP contribution in [-0.2, 0) is 7.05 Å². The van der Waals surface area contributed by atoms with Crippen molar-refractivity contribution in [3.05, 3.63) is 60.2 Å². The largest absolute Gasteiger partial charge is 0.497 e. The van der Waals surface area contributed by atoms with Crippen molar-refractivity contribution in [2.45, 2.75) is 0 Å². The lowest BCUT2D eigenvalue weighted by molar-refractivity contribution is 0.0515. The first-order valence-corrected chi connectivity index (χ1v) is 9.37. The van der Waals surface area contributed by atoms with Crippen LogP contribution in [0.2, 0.25) is 0 Å². The second-order valence-corrected chi connectivity index (χ2v) is 6.83. The maximum absolute atomic E-state index is 12.9. The third-order valence-electron chi connectivity index (χ3n) is 5.05. The Morgan fingerprint density at radius 2 is 1.72 bits per heavy atom. The molecular formula is C21H22N4O4. The van der Waals surface area contributed by atoms with Crippen LogP contribution < -0.4 is 4.74 Å². The molecule has 1 fully saturated rings. The summed E-state index contributed by atoms with van der Waals surface area (Å²) < 4.78 is 12.1. The van der Waals surface area contributed by atoms with Crippen LogP contribution in [0.5, 0.6) is 5.75 Å². The summed E-state index contributed by atoms with van der Waals surface area (Å²) in [6, 6.07) is 12.8. The molecule has 0 spiro atoms. The number of aryl methyl sites for hydroxylation is 1. The lowest BCUT2D eigenvalue weighted by Crippen LogP contribution is -2.50. The first-order valence-electron chi connectivity index (χ1n) is 9.37. The predicted octanol–water partition coefficient (Wildman–Crippen LogP) is 2.29. The van der Waals surface area contributed by atoms with E-state index in [0.717, 1.165) is 17.0 Å². The Balaban J connectivity index is 1.45. The SMILES string of the molecule is COc1cccc(-c2cc(C(=O)N3CCN(C(=O)c4ccco4)CC3)nn2C)c1. The van der Waals surface area contributed by atoms with E-state index in [4.69, 9.17) is 9.15 Å². The van der Waals surface area contributed by atoms with E-state index in [2.05, 4.69) is 5.10 Å². The maximum Gasteiger partial charge on any atom is 0.289 e. The van der Waals surface area contributed by atoms with Crippen molar-refractivity contribution in [2.24, 2.45) is 7.05 Å². The van der Waals surface area contributed by atoms with Crippen LogP contribution in [0.3, 0.4) is 0 Å². The van der Waals surface area contributed by atoms with E-state index in [0.29, 0.717) is 37.6 Å². The topological polar surface area (TPSA) is 80.8 Å². The fraction of sp³-hybridized carbons (Fsp3) is 0.286. The van der Waals surface area contributed by atoms with E-state index in [1.807, 2.05) is 31.3 Å². The summed E-state index contributed by atoms with van der Waals surface area (Å²) in [5.74, 6) is 0.770. The molecule has 2 amide bonds. The summed E-state index contributed by atoms with van der Waals surface area (Å²) in [6.07, 6.45) is 1.48. The molecule has 3 heterocycles. The van der Waals surface area contributed by atoms with Crippen molar-refractivity contribution in [3.63, 3.8) is 0 Å². The van der Waals surface area contributed by atoms with Gasteiger partial charge in [0.2, 0.25) is 0 Å². The molecule has 0 aliphatic carbocycles. The van der Waals surface area contributed by atoms with Crippen molar-refractivity contribution in [1.82, 2.24) is 19.6 Å². The second kappa shape index (κ2) is 7.83. The Kier molecular flexibility index (Phi) is 5.07. The normalized spacial score (nSPS) is 14.1. The monoisotopic (exact) mass is 394 g/mol. The highest BCUT2D eigenvalue weighted by Crippen LogP contribution is 2.24. The summed E-state index contributed by atoms with van der Waals surface area (Å²) in [5, 5.41) is 4.40. The molecule has 8 heteroatoms. The summed E-state index contributed by atoms with van der Waals surface area (Å²) in [7, 11) is 3.43. The van der Waals surface area contributed by atoms with Gasteiger partial charge in [-0.3, -0.25) is 14.3 Å². The minimum atomic E-state index is -0.153. The summed E-state index contributed by atoms with van der Waals surface area (Å²) in [4.78, 5) is 28.7. The molecule has 0 N–H and O–H groups in total. The lowest BCUT2D eigenvalue weighted by Gasteiger charge is -2.33. The number of carbonyl (C=O) groups is 2. The van der Waals surface area contributed by atoms with E-state index >= 15 is 0 Å². The Morgan fingerprint density at radius 1 is 1.00 bits per heavy atom. The highest BCUT2D eigenvalue weighted by atomic mass is 16.5. The van der Waals surface area contributed by atoms with Crippen LogP contribution in [0.4, 0.5) is 0 Å². The number of rotatable bonds is 4. The van der Waals surface area contributed by atoms with Crippen LogP contribution in [0.25, 0.3) is 11.3 Å². The number of hydrogen-bond donors (Lipinski definition) is 0. The van der Waals surface area contributed by atoms with Crippen molar-refractivity contribution in [3.8, 4) is 17.0 Å². The van der Waals surface area contributed by atoms with Gasteiger partial charge < -0.3 is 19.0 Å². The average molecular weight is 394 g/mol. The summed E-state index contributed by atoms with van der Waals surface area (Å²) >= 11 is 0. The van der Waals surface area contributed by atoms with Crippen molar-refractivity contribution in [1.29, 1.82) is 0 Å². The number of furan rings is 1. The molecule has 0 saturated carbocycles. The van der Waals surface area contributed by atoms with Gasteiger partial charge >= 0.3 is 0 Å². The highest BCUT2D eigenvalue weighted by molar-refractivity contribution is 5.94. The molecule has 150 valence electrons. The molecule has 1 aromatic carbocycles. The summed E-state index contributed by atoms with van der Waals surface area (Å²) in [5.41, 5.74) is 2.14. The molecule has 1 saturated heterocycles. The van der Waals surface area contributed by atoms with Gasteiger partial charge in [0.1, 0.15) is 5.75 Å². The zero-order chi connectivity index (χ0) is 20.4. The Hall–Kier alpha value is -3.55. The number of ether oxygens (including phenoxy) is 1. The van der Waals surface area contributed by atoms with Gasteiger partial charge in [0.25, 0.3) is 11.8 Å². The first kappa shape index (κ1) is 18.8. The van der Waals surface area contributed by atoms with E-state index in [9.17, 15) is 9.59 Å². The van der Waals surface area contributed by atoms with Gasteiger partial charge in [0, 0.05) is 38.8 Å². The molecule has 4 rings (SSSR count). The number of aromatic nitrogens is 2. The van der Waals surface area contributed by atoms with Gasteiger partial charge in [-0.05, 0) is 30.3 Å². The van der Waals surface area contributed by atoms with Crippen LogP contribution in [0, 0.1) is 0 Å². The van der Waals surface area contributed by atoms with Crippen molar-refractivity contribution < 1.29 is 18.7 Å². The van der Waals surface area contributed by atoms with E-state index in [1.54, 1.807) is 39.8 Å². The quantitative estimate of drug-likeness (QED) is 0.678. The molecule has 1 aliphatic heterocycles. The number of hydrogen-bond acceptors (Lipinski definition) is 5. The van der Waals surface area contributed by atoms with Gasteiger partial charge in [-0.25, -0.2) is 0 Å². The predicted molar refractivity (Wildman–Crippen MR) is 106 cm³/mol. The Morgan fingerprint density at radius 3 is 2.38 bits per heavy atom. The fourth-order valence-electron chi connectivity index (χ4n) is 3.46. The molecule has 8 nitrogen and oxygen atoms in total. The maximum atomic E-state index is 12.9. The number of methoxy groups -OCH3 is 1. The van der Waals surface area contributed by atoms with Gasteiger partial charge in [-0.15, -0.1) is 0 Å². The minimum Gasteiger partial charge on any atom is -0.497 e. The summed E-state index contributed by atoms with van der Waals surface area (Å²) in [6.45, 7) is 1.83.